The van der Waals surface area contributed by atoms with E-state index in [1.54, 1.807) is 12.1 Å². The molecule has 1 aliphatic heterocycles. The van der Waals surface area contributed by atoms with Crippen LogP contribution in [-0.2, 0) is 6.42 Å². The van der Waals surface area contributed by atoms with Gasteiger partial charge in [-0.15, -0.1) is 0 Å². The summed E-state index contributed by atoms with van der Waals surface area (Å²) in [5.74, 6) is 0.339. The number of fused-ring (bicyclic) bond motifs is 1. The van der Waals surface area contributed by atoms with E-state index >= 15 is 0 Å². The first-order valence-corrected chi connectivity index (χ1v) is 8.22. The number of hydrogen-bond donors (Lipinski definition) is 1. The Kier molecular flexibility index (Phi) is 4.30. The van der Waals surface area contributed by atoms with Crippen molar-refractivity contribution in [3.8, 4) is 0 Å². The van der Waals surface area contributed by atoms with Crippen molar-refractivity contribution in [1.29, 1.82) is 0 Å². The molecule has 0 bridgehead atoms. The Morgan fingerprint density at radius 2 is 1.86 bits per heavy atom. The fraction of sp³-hybridized carbons (Fsp3) is 0.400. The van der Waals surface area contributed by atoms with Crippen molar-refractivity contribution in [1.82, 2.24) is 5.32 Å². The average molecular weight is 297 g/mol. The molecule has 2 unspecified atom stereocenters. The molecule has 1 heterocycles. The molecule has 0 radical (unpaired) electrons. The van der Waals surface area contributed by atoms with Crippen LogP contribution in [0.5, 0.6) is 0 Å². The van der Waals surface area contributed by atoms with Crippen molar-refractivity contribution in [2.45, 2.75) is 51.6 Å². The number of hydrogen-bond acceptors (Lipinski definition) is 1. The zero-order valence-electron chi connectivity index (χ0n) is 13.6. The zero-order valence-corrected chi connectivity index (χ0v) is 13.6. The van der Waals surface area contributed by atoms with Crippen LogP contribution in [-0.4, -0.2) is 6.04 Å². The molecule has 1 aliphatic rings. The molecule has 0 amide bonds. The van der Waals surface area contributed by atoms with Gasteiger partial charge in [-0.3, -0.25) is 0 Å². The molecule has 2 heteroatoms. The summed E-state index contributed by atoms with van der Waals surface area (Å²) in [6.07, 6.45) is 2.17. The normalized spacial score (nSPS) is 21.0. The van der Waals surface area contributed by atoms with E-state index in [4.69, 9.17) is 0 Å². The minimum atomic E-state index is -0.178. The van der Waals surface area contributed by atoms with Gasteiger partial charge in [0.2, 0.25) is 0 Å². The van der Waals surface area contributed by atoms with Crippen LogP contribution in [0.4, 0.5) is 4.39 Å². The van der Waals surface area contributed by atoms with Crippen LogP contribution in [0, 0.1) is 5.82 Å². The maximum absolute atomic E-state index is 13.2. The molecule has 116 valence electrons. The van der Waals surface area contributed by atoms with E-state index in [1.807, 2.05) is 12.1 Å². The minimum absolute atomic E-state index is 0.160. The quantitative estimate of drug-likeness (QED) is 0.844. The SMILES string of the molecule is CCC1Cc2ccc(C(C)C)cc2C(c2ccc(F)cc2)N1. The van der Waals surface area contributed by atoms with Gasteiger partial charge in [0.05, 0.1) is 6.04 Å². The maximum Gasteiger partial charge on any atom is 0.123 e. The Balaban J connectivity index is 2.06. The first-order valence-electron chi connectivity index (χ1n) is 8.22. The standard InChI is InChI=1S/C20H24FN/c1-4-18-11-16-6-5-15(13(2)3)12-19(16)20(22-18)14-7-9-17(21)10-8-14/h5-10,12-13,18,20,22H,4,11H2,1-3H3. The van der Waals surface area contributed by atoms with Gasteiger partial charge in [-0.05, 0) is 53.1 Å². The third kappa shape index (κ3) is 2.93. The van der Waals surface area contributed by atoms with Crippen LogP contribution in [0.1, 0.15) is 61.4 Å². The summed E-state index contributed by atoms with van der Waals surface area (Å²) in [7, 11) is 0. The smallest absolute Gasteiger partial charge is 0.123 e. The summed E-state index contributed by atoms with van der Waals surface area (Å²) in [4.78, 5) is 0. The van der Waals surface area contributed by atoms with Gasteiger partial charge in [0.25, 0.3) is 0 Å². The Hall–Kier alpha value is -1.67. The Bertz CT molecular complexity index is 645. The molecule has 1 N–H and O–H groups in total. The van der Waals surface area contributed by atoms with Crippen LogP contribution in [0.2, 0.25) is 0 Å². The summed E-state index contributed by atoms with van der Waals surface area (Å²) in [6, 6.07) is 14.4. The van der Waals surface area contributed by atoms with E-state index in [0.29, 0.717) is 12.0 Å². The van der Waals surface area contributed by atoms with Gasteiger partial charge < -0.3 is 5.32 Å². The number of benzene rings is 2. The monoisotopic (exact) mass is 297 g/mol. The van der Waals surface area contributed by atoms with E-state index < -0.39 is 0 Å². The molecule has 2 aromatic rings. The van der Waals surface area contributed by atoms with Gasteiger partial charge in [-0.25, -0.2) is 4.39 Å². The second-order valence-electron chi connectivity index (χ2n) is 6.57. The molecule has 0 fully saturated rings. The predicted octanol–water partition coefficient (Wildman–Crippen LogP) is 4.96. The Morgan fingerprint density at radius 3 is 2.50 bits per heavy atom. The van der Waals surface area contributed by atoms with Crippen LogP contribution in [0.3, 0.4) is 0 Å². The molecule has 0 saturated carbocycles. The molecular formula is C20H24FN. The highest BCUT2D eigenvalue weighted by atomic mass is 19.1. The Morgan fingerprint density at radius 1 is 1.14 bits per heavy atom. The summed E-state index contributed by atoms with van der Waals surface area (Å²) < 4.78 is 13.2. The molecule has 2 atom stereocenters. The zero-order chi connectivity index (χ0) is 15.7. The van der Waals surface area contributed by atoms with E-state index in [9.17, 15) is 4.39 Å². The van der Waals surface area contributed by atoms with Crippen molar-refractivity contribution in [2.75, 3.05) is 0 Å². The third-order valence-electron chi connectivity index (χ3n) is 4.71. The highest BCUT2D eigenvalue weighted by Gasteiger charge is 2.26. The molecule has 2 aromatic carbocycles. The summed E-state index contributed by atoms with van der Waals surface area (Å²) in [5, 5.41) is 3.74. The van der Waals surface area contributed by atoms with Crippen molar-refractivity contribution in [2.24, 2.45) is 0 Å². The van der Waals surface area contributed by atoms with Crippen LogP contribution >= 0.6 is 0 Å². The van der Waals surface area contributed by atoms with E-state index in [0.717, 1.165) is 18.4 Å². The van der Waals surface area contributed by atoms with E-state index in [2.05, 4.69) is 44.3 Å². The van der Waals surface area contributed by atoms with Gasteiger partial charge >= 0.3 is 0 Å². The van der Waals surface area contributed by atoms with Crippen LogP contribution in [0.15, 0.2) is 42.5 Å². The number of rotatable bonds is 3. The van der Waals surface area contributed by atoms with E-state index in [1.165, 1.54) is 16.7 Å². The van der Waals surface area contributed by atoms with Gasteiger partial charge in [0.15, 0.2) is 0 Å². The van der Waals surface area contributed by atoms with Gasteiger partial charge in [-0.1, -0.05) is 51.1 Å². The first-order chi connectivity index (χ1) is 10.6. The Labute approximate surface area is 132 Å². The van der Waals surface area contributed by atoms with Crippen molar-refractivity contribution in [3.05, 3.63) is 70.5 Å². The second kappa shape index (κ2) is 6.21. The lowest BCUT2D eigenvalue weighted by Crippen LogP contribution is -2.39. The lowest BCUT2D eigenvalue weighted by atomic mass is 9.84. The highest BCUT2D eigenvalue weighted by molar-refractivity contribution is 5.43. The van der Waals surface area contributed by atoms with Crippen molar-refractivity contribution in [3.63, 3.8) is 0 Å². The summed E-state index contributed by atoms with van der Waals surface area (Å²) >= 11 is 0. The van der Waals surface area contributed by atoms with Gasteiger partial charge in [0, 0.05) is 6.04 Å². The maximum atomic E-state index is 13.2. The molecule has 0 aliphatic carbocycles. The van der Waals surface area contributed by atoms with Crippen molar-refractivity contribution >= 4 is 0 Å². The molecule has 1 nitrogen and oxygen atoms in total. The molecule has 3 rings (SSSR count). The molecular weight excluding hydrogens is 273 g/mol. The van der Waals surface area contributed by atoms with Gasteiger partial charge in [-0.2, -0.15) is 0 Å². The predicted molar refractivity (Wildman–Crippen MR) is 89.7 cm³/mol. The fourth-order valence-electron chi connectivity index (χ4n) is 3.27. The number of halogens is 1. The van der Waals surface area contributed by atoms with Crippen LogP contribution < -0.4 is 5.32 Å². The molecule has 0 saturated heterocycles. The average Bonchev–Trinajstić information content (AvgIpc) is 2.54. The lowest BCUT2D eigenvalue weighted by Gasteiger charge is -2.34. The summed E-state index contributed by atoms with van der Waals surface area (Å²) in [5.41, 5.74) is 5.27. The summed E-state index contributed by atoms with van der Waals surface area (Å²) in [6.45, 7) is 6.66. The minimum Gasteiger partial charge on any atom is -0.303 e. The van der Waals surface area contributed by atoms with Crippen molar-refractivity contribution < 1.29 is 4.39 Å². The first kappa shape index (κ1) is 15.2. The molecule has 0 aromatic heterocycles. The molecule has 0 spiro atoms. The third-order valence-corrected chi connectivity index (χ3v) is 4.71. The lowest BCUT2D eigenvalue weighted by molar-refractivity contribution is 0.427. The fourth-order valence-corrected chi connectivity index (χ4v) is 3.27. The second-order valence-corrected chi connectivity index (χ2v) is 6.57. The largest absolute Gasteiger partial charge is 0.303 e. The topological polar surface area (TPSA) is 12.0 Å². The van der Waals surface area contributed by atoms with Crippen LogP contribution in [0.25, 0.3) is 0 Å². The number of nitrogens with one attached hydrogen (secondary N) is 1. The highest BCUT2D eigenvalue weighted by Crippen LogP contribution is 2.33. The molecule has 22 heavy (non-hydrogen) atoms. The van der Waals surface area contributed by atoms with Gasteiger partial charge in [0.1, 0.15) is 5.82 Å². The van der Waals surface area contributed by atoms with E-state index in [-0.39, 0.29) is 11.9 Å².